The van der Waals surface area contributed by atoms with Crippen molar-refractivity contribution in [2.75, 3.05) is 25.4 Å². The molecular weight excluding hydrogens is 258 g/mol. The van der Waals surface area contributed by atoms with Crippen molar-refractivity contribution in [2.45, 2.75) is 27.2 Å². The molecule has 0 aromatic rings. The Kier molecular flexibility index (Phi) is 4.50. The molecule has 6 nitrogen and oxygen atoms in total. The van der Waals surface area contributed by atoms with Gasteiger partial charge in [-0.05, 0) is 27.2 Å². The van der Waals surface area contributed by atoms with Gasteiger partial charge in [-0.2, -0.15) is 4.31 Å². The SMILES string of the molecule is CCOC(=O)C(C)(C)C(=O)CN1CCCS1(=O)=O. The van der Waals surface area contributed by atoms with Crippen LogP contribution in [0.1, 0.15) is 27.2 Å². The molecule has 0 N–H and O–H groups in total. The molecule has 0 bridgehead atoms. The number of rotatable bonds is 5. The predicted molar refractivity (Wildman–Crippen MR) is 65.4 cm³/mol. The van der Waals surface area contributed by atoms with Gasteiger partial charge in [0.2, 0.25) is 10.0 Å². The summed E-state index contributed by atoms with van der Waals surface area (Å²) in [5, 5.41) is 0. The second-order valence-corrected chi connectivity index (χ2v) is 6.86. The van der Waals surface area contributed by atoms with E-state index < -0.39 is 27.2 Å². The average molecular weight is 277 g/mol. The number of nitrogens with zero attached hydrogens (tertiary/aromatic N) is 1. The number of sulfonamides is 1. The summed E-state index contributed by atoms with van der Waals surface area (Å²) >= 11 is 0. The van der Waals surface area contributed by atoms with E-state index in [2.05, 4.69) is 0 Å². The average Bonchev–Trinajstić information content (AvgIpc) is 2.58. The van der Waals surface area contributed by atoms with Gasteiger partial charge in [0, 0.05) is 6.54 Å². The van der Waals surface area contributed by atoms with Crippen LogP contribution in [0.25, 0.3) is 0 Å². The van der Waals surface area contributed by atoms with Gasteiger partial charge in [0.15, 0.2) is 5.78 Å². The van der Waals surface area contributed by atoms with Gasteiger partial charge in [-0.1, -0.05) is 0 Å². The molecule has 1 fully saturated rings. The zero-order valence-corrected chi connectivity index (χ0v) is 11.7. The van der Waals surface area contributed by atoms with E-state index in [-0.39, 0.29) is 18.9 Å². The van der Waals surface area contributed by atoms with Crippen LogP contribution in [0.5, 0.6) is 0 Å². The van der Waals surface area contributed by atoms with Gasteiger partial charge in [-0.25, -0.2) is 8.42 Å². The molecule has 0 atom stereocenters. The summed E-state index contributed by atoms with van der Waals surface area (Å²) in [6.07, 6.45) is 0.523. The molecule has 18 heavy (non-hydrogen) atoms. The molecule has 1 aliphatic heterocycles. The summed E-state index contributed by atoms with van der Waals surface area (Å²) in [7, 11) is -3.32. The summed E-state index contributed by atoms with van der Waals surface area (Å²) in [4.78, 5) is 23.6. The lowest BCUT2D eigenvalue weighted by Gasteiger charge is -2.23. The summed E-state index contributed by atoms with van der Waals surface area (Å²) in [5.41, 5.74) is -1.31. The minimum atomic E-state index is -3.32. The Bertz CT molecular complexity index is 440. The molecule has 0 spiro atoms. The molecule has 0 aromatic carbocycles. The first-order valence-electron chi connectivity index (χ1n) is 5.90. The van der Waals surface area contributed by atoms with Gasteiger partial charge in [-0.15, -0.1) is 0 Å². The van der Waals surface area contributed by atoms with E-state index in [1.54, 1.807) is 6.92 Å². The summed E-state index contributed by atoms with van der Waals surface area (Å²) in [5.74, 6) is -0.988. The monoisotopic (exact) mass is 277 g/mol. The van der Waals surface area contributed by atoms with E-state index in [9.17, 15) is 18.0 Å². The molecule has 1 rings (SSSR count). The molecule has 0 radical (unpaired) electrons. The highest BCUT2D eigenvalue weighted by atomic mass is 32.2. The van der Waals surface area contributed by atoms with Crippen LogP contribution in [0.4, 0.5) is 0 Å². The second kappa shape index (κ2) is 5.36. The van der Waals surface area contributed by atoms with Gasteiger partial charge in [-0.3, -0.25) is 9.59 Å². The zero-order chi connectivity index (χ0) is 14.0. The normalized spacial score (nSPS) is 19.7. The largest absolute Gasteiger partial charge is 0.465 e. The lowest BCUT2D eigenvalue weighted by molar-refractivity contribution is -0.157. The van der Waals surface area contributed by atoms with Crippen LogP contribution in [-0.2, 0) is 24.3 Å². The summed E-state index contributed by atoms with van der Waals surface area (Å²) in [6, 6.07) is 0. The van der Waals surface area contributed by atoms with Crippen molar-refractivity contribution < 1.29 is 22.7 Å². The molecule has 0 aromatic heterocycles. The number of carbonyl (C=O) groups excluding carboxylic acids is 2. The van der Waals surface area contributed by atoms with Crippen molar-refractivity contribution >= 4 is 21.8 Å². The number of hydrogen-bond donors (Lipinski definition) is 0. The lowest BCUT2D eigenvalue weighted by Crippen LogP contribution is -2.42. The van der Waals surface area contributed by atoms with E-state index in [1.807, 2.05) is 0 Å². The topological polar surface area (TPSA) is 80.8 Å². The highest BCUT2D eigenvalue weighted by molar-refractivity contribution is 7.89. The van der Waals surface area contributed by atoms with Crippen LogP contribution < -0.4 is 0 Å². The van der Waals surface area contributed by atoms with E-state index in [1.165, 1.54) is 13.8 Å². The Balaban J connectivity index is 2.73. The van der Waals surface area contributed by atoms with Gasteiger partial charge in [0.1, 0.15) is 5.41 Å². The van der Waals surface area contributed by atoms with Gasteiger partial charge in [0.25, 0.3) is 0 Å². The van der Waals surface area contributed by atoms with Crippen LogP contribution in [0, 0.1) is 5.41 Å². The molecule has 0 unspecified atom stereocenters. The molecule has 0 aliphatic carbocycles. The van der Waals surface area contributed by atoms with Crippen molar-refractivity contribution in [1.29, 1.82) is 0 Å². The zero-order valence-electron chi connectivity index (χ0n) is 10.9. The third kappa shape index (κ3) is 3.08. The quantitative estimate of drug-likeness (QED) is 0.529. The van der Waals surface area contributed by atoms with E-state index >= 15 is 0 Å². The predicted octanol–water partition coefficient (Wildman–Crippen LogP) is 0.180. The lowest BCUT2D eigenvalue weighted by atomic mass is 9.88. The number of esters is 1. The molecular formula is C11H19NO5S. The van der Waals surface area contributed by atoms with Crippen LogP contribution in [0.2, 0.25) is 0 Å². The number of ether oxygens (including phenoxy) is 1. The van der Waals surface area contributed by atoms with E-state index in [4.69, 9.17) is 4.74 Å². The first-order chi connectivity index (χ1) is 8.21. The van der Waals surface area contributed by atoms with Crippen LogP contribution in [0.15, 0.2) is 0 Å². The van der Waals surface area contributed by atoms with Crippen molar-refractivity contribution in [3.63, 3.8) is 0 Å². The Labute approximate surface area is 107 Å². The van der Waals surface area contributed by atoms with Gasteiger partial charge in [0.05, 0.1) is 18.9 Å². The van der Waals surface area contributed by atoms with Crippen LogP contribution in [0.3, 0.4) is 0 Å². The molecule has 0 amide bonds. The Morgan fingerprint density at radius 3 is 2.39 bits per heavy atom. The summed E-state index contributed by atoms with van der Waals surface area (Å²) in [6.45, 7) is 4.84. The smallest absolute Gasteiger partial charge is 0.319 e. The number of hydrogen-bond acceptors (Lipinski definition) is 5. The van der Waals surface area contributed by atoms with Gasteiger partial charge >= 0.3 is 5.97 Å². The highest BCUT2D eigenvalue weighted by Crippen LogP contribution is 2.22. The fourth-order valence-corrected chi connectivity index (χ4v) is 3.13. The molecule has 0 saturated carbocycles. The number of Topliss-reactive ketones (excluding diaryl/α,β-unsaturated/α-hetero) is 1. The molecule has 7 heteroatoms. The molecule has 104 valence electrons. The minimum absolute atomic E-state index is 0.0696. The first kappa shape index (κ1) is 15.1. The third-order valence-electron chi connectivity index (χ3n) is 3.01. The van der Waals surface area contributed by atoms with Crippen molar-refractivity contribution in [3.8, 4) is 0 Å². The maximum atomic E-state index is 12.0. The first-order valence-corrected chi connectivity index (χ1v) is 7.51. The minimum Gasteiger partial charge on any atom is -0.465 e. The molecule has 1 saturated heterocycles. The summed E-state index contributed by atoms with van der Waals surface area (Å²) < 4.78 is 29.1. The Morgan fingerprint density at radius 2 is 1.94 bits per heavy atom. The van der Waals surface area contributed by atoms with Crippen molar-refractivity contribution in [3.05, 3.63) is 0 Å². The van der Waals surface area contributed by atoms with Crippen molar-refractivity contribution in [1.82, 2.24) is 4.31 Å². The second-order valence-electron chi connectivity index (χ2n) is 4.77. The number of ketones is 1. The maximum Gasteiger partial charge on any atom is 0.319 e. The van der Waals surface area contributed by atoms with Crippen molar-refractivity contribution in [2.24, 2.45) is 5.41 Å². The van der Waals surface area contributed by atoms with E-state index in [0.717, 1.165) is 4.31 Å². The molecule has 1 heterocycles. The maximum absolute atomic E-state index is 12.0. The fourth-order valence-electron chi connectivity index (χ4n) is 1.65. The standard InChI is InChI=1S/C11H19NO5S/c1-4-17-10(14)11(2,3)9(13)8-12-6-5-7-18(12,15)16/h4-8H2,1-3H3. The Morgan fingerprint density at radius 1 is 1.33 bits per heavy atom. The third-order valence-corrected chi connectivity index (χ3v) is 4.91. The highest BCUT2D eigenvalue weighted by Gasteiger charge is 2.40. The van der Waals surface area contributed by atoms with Gasteiger partial charge < -0.3 is 4.74 Å². The Hall–Kier alpha value is -0.950. The van der Waals surface area contributed by atoms with Crippen LogP contribution >= 0.6 is 0 Å². The fraction of sp³-hybridized carbons (Fsp3) is 0.818. The number of carbonyl (C=O) groups is 2. The van der Waals surface area contributed by atoms with E-state index in [0.29, 0.717) is 13.0 Å². The molecule has 1 aliphatic rings. The van der Waals surface area contributed by atoms with Crippen LogP contribution in [-0.4, -0.2) is 49.9 Å².